The molecule has 1 aliphatic rings. The second kappa shape index (κ2) is 5.55. The number of nitrogens with one attached hydrogen (secondary N) is 1. The van der Waals surface area contributed by atoms with Crippen molar-refractivity contribution in [3.63, 3.8) is 0 Å². The van der Waals surface area contributed by atoms with Crippen molar-refractivity contribution in [3.8, 4) is 5.69 Å². The van der Waals surface area contributed by atoms with Crippen LogP contribution in [0.1, 0.15) is 31.0 Å². The maximum Gasteiger partial charge on any atom is 0.269 e. The summed E-state index contributed by atoms with van der Waals surface area (Å²) >= 11 is 0. The second-order valence-corrected chi connectivity index (χ2v) is 5.24. The Morgan fingerprint density at radius 2 is 2.14 bits per heavy atom. The molecule has 6 nitrogen and oxygen atoms in total. The molecule has 1 aliphatic heterocycles. The number of rotatable bonds is 5. The number of aryl methyl sites for hydroxylation is 1. The zero-order chi connectivity index (χ0) is 14.8. The van der Waals surface area contributed by atoms with Gasteiger partial charge in [-0.15, -0.1) is 0 Å². The number of aromatic nitrogens is 2. The molecule has 6 heteroatoms. The fourth-order valence-electron chi connectivity index (χ4n) is 2.69. The normalized spacial score (nSPS) is 13.0. The summed E-state index contributed by atoms with van der Waals surface area (Å²) in [4.78, 5) is 10.3. The molecule has 0 amide bonds. The fourth-order valence-corrected chi connectivity index (χ4v) is 2.69. The number of nitro groups is 1. The van der Waals surface area contributed by atoms with Crippen molar-refractivity contribution in [2.45, 2.75) is 32.6 Å². The van der Waals surface area contributed by atoms with Crippen LogP contribution in [0.25, 0.3) is 5.69 Å². The molecule has 2 heterocycles. The number of nitrogens with zero attached hydrogens (tertiary/aromatic N) is 3. The third kappa shape index (κ3) is 2.49. The van der Waals surface area contributed by atoms with E-state index in [1.807, 2.05) is 4.68 Å². The predicted octanol–water partition coefficient (Wildman–Crippen LogP) is 3.09. The molecule has 3 rings (SSSR count). The van der Waals surface area contributed by atoms with Gasteiger partial charge in [-0.2, -0.15) is 5.10 Å². The van der Waals surface area contributed by atoms with Gasteiger partial charge in [0.25, 0.3) is 5.69 Å². The summed E-state index contributed by atoms with van der Waals surface area (Å²) in [6.45, 7) is 3.10. The van der Waals surface area contributed by atoms with Gasteiger partial charge in [-0.25, -0.2) is 4.68 Å². The molecule has 2 aromatic rings. The molecule has 1 aromatic carbocycles. The van der Waals surface area contributed by atoms with Gasteiger partial charge in [-0.05, 0) is 31.4 Å². The number of fused-ring (bicyclic) bond motifs is 1. The van der Waals surface area contributed by atoms with Crippen LogP contribution >= 0.6 is 0 Å². The first-order chi connectivity index (χ1) is 10.2. The van der Waals surface area contributed by atoms with E-state index in [9.17, 15) is 10.1 Å². The van der Waals surface area contributed by atoms with E-state index in [2.05, 4.69) is 12.2 Å². The molecule has 1 N–H and O–H groups in total. The zero-order valence-electron chi connectivity index (χ0n) is 12.0. The summed E-state index contributed by atoms with van der Waals surface area (Å²) < 4.78 is 1.87. The largest absolute Gasteiger partial charge is 0.369 e. The van der Waals surface area contributed by atoms with E-state index in [1.54, 1.807) is 12.1 Å². The minimum absolute atomic E-state index is 0.0988. The average molecular weight is 286 g/mol. The number of non-ortho nitro benzene ring substituents is 1. The molecule has 21 heavy (non-hydrogen) atoms. The summed E-state index contributed by atoms with van der Waals surface area (Å²) in [6.07, 6.45) is 4.26. The first-order valence-electron chi connectivity index (χ1n) is 7.30. The Morgan fingerprint density at radius 3 is 2.81 bits per heavy atom. The first-order valence-corrected chi connectivity index (χ1v) is 7.30. The third-order valence-electron chi connectivity index (χ3n) is 3.81. The van der Waals surface area contributed by atoms with Gasteiger partial charge in [-0.1, -0.05) is 13.3 Å². The van der Waals surface area contributed by atoms with Crippen LogP contribution < -0.4 is 5.32 Å². The number of anilines is 1. The SMILES string of the molecule is CCCCc1nn(-c2ccc([N+](=O)[O-])cc2)c2c1CCN2. The lowest BCUT2D eigenvalue weighted by Gasteiger charge is -2.06. The van der Waals surface area contributed by atoms with E-state index in [1.165, 1.54) is 17.7 Å². The van der Waals surface area contributed by atoms with Crippen molar-refractivity contribution in [1.82, 2.24) is 9.78 Å². The Bertz CT molecular complexity index is 661. The molecule has 0 radical (unpaired) electrons. The van der Waals surface area contributed by atoms with Crippen molar-refractivity contribution in [2.24, 2.45) is 0 Å². The van der Waals surface area contributed by atoms with E-state index in [4.69, 9.17) is 5.10 Å². The molecular weight excluding hydrogens is 268 g/mol. The smallest absolute Gasteiger partial charge is 0.269 e. The van der Waals surface area contributed by atoms with E-state index >= 15 is 0 Å². The fraction of sp³-hybridized carbons (Fsp3) is 0.400. The van der Waals surface area contributed by atoms with Gasteiger partial charge in [0.1, 0.15) is 5.82 Å². The lowest BCUT2D eigenvalue weighted by atomic mass is 10.1. The predicted molar refractivity (Wildman–Crippen MR) is 81.0 cm³/mol. The molecule has 0 aliphatic carbocycles. The Morgan fingerprint density at radius 1 is 1.38 bits per heavy atom. The van der Waals surface area contributed by atoms with Gasteiger partial charge < -0.3 is 5.32 Å². The summed E-state index contributed by atoms with van der Waals surface area (Å²) in [5.74, 6) is 1.04. The molecule has 0 spiro atoms. The number of unbranched alkanes of at least 4 members (excludes halogenated alkanes) is 1. The molecule has 110 valence electrons. The van der Waals surface area contributed by atoms with E-state index in [0.717, 1.165) is 49.4 Å². The van der Waals surface area contributed by atoms with Crippen LogP contribution in [0.5, 0.6) is 0 Å². The lowest BCUT2D eigenvalue weighted by Crippen LogP contribution is -2.05. The summed E-state index contributed by atoms with van der Waals surface area (Å²) in [5, 5.41) is 18.8. The standard InChI is InChI=1S/C15H18N4O2/c1-2-3-4-14-13-9-10-16-15(13)18(17-14)11-5-7-12(8-6-11)19(20)21/h5-8,16H,2-4,9-10H2,1H3. The summed E-state index contributed by atoms with van der Waals surface area (Å²) in [6, 6.07) is 6.53. The van der Waals surface area contributed by atoms with E-state index in [0.29, 0.717) is 0 Å². The van der Waals surface area contributed by atoms with Gasteiger partial charge in [-0.3, -0.25) is 10.1 Å². The highest BCUT2D eigenvalue weighted by molar-refractivity contribution is 5.57. The average Bonchev–Trinajstić information content (AvgIpc) is 3.08. The van der Waals surface area contributed by atoms with Gasteiger partial charge >= 0.3 is 0 Å². The topological polar surface area (TPSA) is 73.0 Å². The highest BCUT2D eigenvalue weighted by Gasteiger charge is 2.22. The number of hydrogen-bond acceptors (Lipinski definition) is 4. The third-order valence-corrected chi connectivity index (χ3v) is 3.81. The molecule has 0 saturated heterocycles. The minimum Gasteiger partial charge on any atom is -0.369 e. The molecule has 0 atom stereocenters. The van der Waals surface area contributed by atoms with Crippen LogP contribution in [0.2, 0.25) is 0 Å². The number of benzene rings is 1. The zero-order valence-corrected chi connectivity index (χ0v) is 12.0. The Kier molecular flexibility index (Phi) is 3.60. The van der Waals surface area contributed by atoms with Crippen LogP contribution in [0.4, 0.5) is 11.5 Å². The quantitative estimate of drug-likeness (QED) is 0.677. The lowest BCUT2D eigenvalue weighted by molar-refractivity contribution is -0.384. The number of hydrogen-bond donors (Lipinski definition) is 1. The van der Waals surface area contributed by atoms with Crippen molar-refractivity contribution in [1.29, 1.82) is 0 Å². The highest BCUT2D eigenvalue weighted by Crippen LogP contribution is 2.30. The van der Waals surface area contributed by atoms with E-state index in [-0.39, 0.29) is 10.6 Å². The minimum atomic E-state index is -0.387. The Balaban J connectivity index is 1.96. The monoisotopic (exact) mass is 286 g/mol. The van der Waals surface area contributed by atoms with Gasteiger partial charge in [0.2, 0.25) is 0 Å². The van der Waals surface area contributed by atoms with Gasteiger partial charge in [0.15, 0.2) is 0 Å². The molecular formula is C15H18N4O2. The van der Waals surface area contributed by atoms with Crippen LogP contribution in [0, 0.1) is 10.1 Å². The first kappa shape index (κ1) is 13.6. The van der Waals surface area contributed by atoms with Crippen molar-refractivity contribution >= 4 is 11.5 Å². The molecule has 0 unspecified atom stereocenters. The van der Waals surface area contributed by atoms with Gasteiger partial charge in [0.05, 0.1) is 16.3 Å². The number of nitro benzene ring substituents is 1. The van der Waals surface area contributed by atoms with Gasteiger partial charge in [0, 0.05) is 24.2 Å². The van der Waals surface area contributed by atoms with Crippen LogP contribution in [0.15, 0.2) is 24.3 Å². The highest BCUT2D eigenvalue weighted by atomic mass is 16.6. The summed E-state index contributed by atoms with van der Waals surface area (Å²) in [7, 11) is 0. The van der Waals surface area contributed by atoms with Crippen LogP contribution in [0.3, 0.4) is 0 Å². The molecule has 0 saturated carbocycles. The maximum absolute atomic E-state index is 10.7. The summed E-state index contributed by atoms with van der Waals surface area (Å²) in [5.41, 5.74) is 3.40. The molecule has 0 fully saturated rings. The second-order valence-electron chi connectivity index (χ2n) is 5.24. The van der Waals surface area contributed by atoms with Crippen molar-refractivity contribution in [2.75, 3.05) is 11.9 Å². The van der Waals surface area contributed by atoms with Crippen LogP contribution in [-0.2, 0) is 12.8 Å². The van der Waals surface area contributed by atoms with E-state index < -0.39 is 0 Å². The maximum atomic E-state index is 10.7. The molecule has 0 bridgehead atoms. The Labute approximate surface area is 122 Å². The van der Waals surface area contributed by atoms with Crippen molar-refractivity contribution < 1.29 is 4.92 Å². The Hall–Kier alpha value is -2.37. The van der Waals surface area contributed by atoms with Crippen molar-refractivity contribution in [3.05, 3.63) is 45.6 Å². The molecule has 1 aromatic heterocycles. The van der Waals surface area contributed by atoms with Crippen LogP contribution in [-0.4, -0.2) is 21.2 Å².